The van der Waals surface area contributed by atoms with Gasteiger partial charge in [0.15, 0.2) is 0 Å². The first-order chi connectivity index (χ1) is 7.27. The molecule has 0 amide bonds. The Hall–Kier alpha value is -0.790. The van der Waals surface area contributed by atoms with E-state index in [4.69, 9.17) is 11.6 Å². The second-order valence-electron chi connectivity index (χ2n) is 3.38. The normalized spacial score (nSPS) is 10.3. The summed E-state index contributed by atoms with van der Waals surface area (Å²) in [5, 5.41) is 0.767. The van der Waals surface area contributed by atoms with Crippen molar-refractivity contribution in [3.63, 3.8) is 0 Å². The summed E-state index contributed by atoms with van der Waals surface area (Å²) in [7, 11) is 0. The Balaban J connectivity index is 2.29. The summed E-state index contributed by atoms with van der Waals surface area (Å²) in [6, 6.07) is 16.3. The molecule has 0 aliphatic carbocycles. The smallest absolute Gasteiger partial charge is 0.0550 e. The lowest BCUT2D eigenvalue weighted by Crippen LogP contribution is -1.89. The van der Waals surface area contributed by atoms with E-state index in [1.54, 1.807) is 0 Å². The van der Waals surface area contributed by atoms with Gasteiger partial charge in [0.05, 0.1) is 5.02 Å². The SMILES string of the molecule is Clc1cccc(Cc2ccccc2)c1Br. The largest absolute Gasteiger partial charge is 0.0831 e. The third kappa shape index (κ3) is 2.61. The molecule has 2 rings (SSSR count). The third-order valence-electron chi connectivity index (χ3n) is 2.27. The fourth-order valence-electron chi connectivity index (χ4n) is 1.50. The standard InChI is InChI=1S/C13H10BrCl/c14-13-11(7-4-8-12(13)15)9-10-5-2-1-3-6-10/h1-8H,9H2. The van der Waals surface area contributed by atoms with E-state index < -0.39 is 0 Å². The van der Waals surface area contributed by atoms with Crippen LogP contribution in [0.1, 0.15) is 11.1 Å². The average molecular weight is 282 g/mol. The van der Waals surface area contributed by atoms with Crippen LogP contribution in [0.4, 0.5) is 0 Å². The van der Waals surface area contributed by atoms with E-state index in [1.165, 1.54) is 11.1 Å². The molecule has 2 aromatic carbocycles. The van der Waals surface area contributed by atoms with Gasteiger partial charge in [0.25, 0.3) is 0 Å². The monoisotopic (exact) mass is 280 g/mol. The van der Waals surface area contributed by atoms with Gasteiger partial charge in [-0.05, 0) is 39.5 Å². The highest BCUT2D eigenvalue weighted by Gasteiger charge is 2.03. The lowest BCUT2D eigenvalue weighted by atomic mass is 10.1. The highest BCUT2D eigenvalue weighted by molar-refractivity contribution is 9.10. The fourth-order valence-corrected chi connectivity index (χ4v) is 2.10. The maximum absolute atomic E-state index is 6.03. The van der Waals surface area contributed by atoms with E-state index in [9.17, 15) is 0 Å². The van der Waals surface area contributed by atoms with Crippen LogP contribution in [0.5, 0.6) is 0 Å². The molecule has 0 heterocycles. The fraction of sp³-hybridized carbons (Fsp3) is 0.0769. The molecule has 0 aromatic heterocycles. The van der Waals surface area contributed by atoms with Crippen molar-refractivity contribution in [2.24, 2.45) is 0 Å². The van der Waals surface area contributed by atoms with Crippen LogP contribution in [0.25, 0.3) is 0 Å². The topological polar surface area (TPSA) is 0 Å². The number of rotatable bonds is 2. The van der Waals surface area contributed by atoms with Gasteiger partial charge in [0, 0.05) is 4.47 Å². The summed E-state index contributed by atoms with van der Waals surface area (Å²) in [5.74, 6) is 0. The van der Waals surface area contributed by atoms with Gasteiger partial charge in [-0.1, -0.05) is 54.1 Å². The highest BCUT2D eigenvalue weighted by Crippen LogP contribution is 2.27. The number of halogens is 2. The van der Waals surface area contributed by atoms with E-state index in [-0.39, 0.29) is 0 Å². The van der Waals surface area contributed by atoms with E-state index >= 15 is 0 Å². The van der Waals surface area contributed by atoms with E-state index in [0.29, 0.717) is 0 Å². The maximum Gasteiger partial charge on any atom is 0.0550 e. The third-order valence-corrected chi connectivity index (χ3v) is 3.75. The molecule has 0 saturated carbocycles. The molecule has 15 heavy (non-hydrogen) atoms. The Morgan fingerprint density at radius 1 is 0.933 bits per heavy atom. The first kappa shape index (κ1) is 10.7. The molecule has 0 N–H and O–H groups in total. The molecule has 0 aliphatic rings. The van der Waals surface area contributed by atoms with Gasteiger partial charge in [-0.3, -0.25) is 0 Å². The van der Waals surface area contributed by atoms with Crippen LogP contribution in [0.2, 0.25) is 5.02 Å². The zero-order valence-electron chi connectivity index (χ0n) is 8.08. The van der Waals surface area contributed by atoms with Gasteiger partial charge in [-0.2, -0.15) is 0 Å². The van der Waals surface area contributed by atoms with Crippen molar-refractivity contribution in [3.05, 3.63) is 69.2 Å². The average Bonchev–Trinajstić information content (AvgIpc) is 2.26. The van der Waals surface area contributed by atoms with Crippen LogP contribution in [-0.2, 0) is 6.42 Å². The van der Waals surface area contributed by atoms with Crippen molar-refractivity contribution in [1.29, 1.82) is 0 Å². The zero-order valence-corrected chi connectivity index (χ0v) is 10.4. The highest BCUT2D eigenvalue weighted by atomic mass is 79.9. The van der Waals surface area contributed by atoms with Gasteiger partial charge < -0.3 is 0 Å². The molecule has 2 heteroatoms. The molecule has 0 spiro atoms. The predicted molar refractivity (Wildman–Crippen MR) is 68.4 cm³/mol. The Kier molecular flexibility index (Phi) is 3.45. The van der Waals surface area contributed by atoms with Gasteiger partial charge in [-0.25, -0.2) is 0 Å². The van der Waals surface area contributed by atoms with Crippen molar-refractivity contribution in [3.8, 4) is 0 Å². The minimum atomic E-state index is 0.767. The summed E-state index contributed by atoms with van der Waals surface area (Å²) < 4.78 is 0.996. The summed E-state index contributed by atoms with van der Waals surface area (Å²) in [4.78, 5) is 0. The first-order valence-electron chi connectivity index (χ1n) is 4.74. The van der Waals surface area contributed by atoms with Crippen molar-refractivity contribution in [2.75, 3.05) is 0 Å². The summed E-state index contributed by atoms with van der Waals surface area (Å²) in [5.41, 5.74) is 2.51. The van der Waals surface area contributed by atoms with Crippen LogP contribution in [0, 0.1) is 0 Å². The van der Waals surface area contributed by atoms with E-state index in [2.05, 4.69) is 34.1 Å². The molecule has 0 atom stereocenters. The van der Waals surface area contributed by atoms with Gasteiger partial charge in [-0.15, -0.1) is 0 Å². The molecule has 0 unspecified atom stereocenters. The molecular formula is C13H10BrCl. The van der Waals surface area contributed by atoms with Crippen molar-refractivity contribution in [1.82, 2.24) is 0 Å². The van der Waals surface area contributed by atoms with E-state index in [0.717, 1.165) is 15.9 Å². The molecule has 0 bridgehead atoms. The lowest BCUT2D eigenvalue weighted by Gasteiger charge is -2.05. The molecule has 2 aromatic rings. The van der Waals surface area contributed by atoms with Gasteiger partial charge in [0.2, 0.25) is 0 Å². The maximum atomic E-state index is 6.03. The van der Waals surface area contributed by atoms with Crippen molar-refractivity contribution in [2.45, 2.75) is 6.42 Å². The Morgan fingerprint density at radius 2 is 1.67 bits per heavy atom. The molecule has 0 nitrogen and oxygen atoms in total. The molecule has 76 valence electrons. The van der Waals surface area contributed by atoms with Crippen molar-refractivity contribution >= 4 is 27.5 Å². The molecule has 0 aliphatic heterocycles. The Bertz CT molecular complexity index is 451. The summed E-state index contributed by atoms with van der Waals surface area (Å²) in [6.45, 7) is 0. The van der Waals surface area contributed by atoms with Crippen LogP contribution in [0.15, 0.2) is 53.0 Å². The second-order valence-corrected chi connectivity index (χ2v) is 4.58. The van der Waals surface area contributed by atoms with Crippen LogP contribution in [-0.4, -0.2) is 0 Å². The quantitative estimate of drug-likeness (QED) is 0.749. The number of benzene rings is 2. The zero-order chi connectivity index (χ0) is 10.7. The molecule has 0 fully saturated rings. The second kappa shape index (κ2) is 4.82. The molecule has 0 radical (unpaired) electrons. The summed E-state index contributed by atoms with van der Waals surface area (Å²) in [6.07, 6.45) is 0.905. The van der Waals surface area contributed by atoms with Crippen LogP contribution >= 0.6 is 27.5 Å². The van der Waals surface area contributed by atoms with Crippen molar-refractivity contribution < 1.29 is 0 Å². The molecular weight excluding hydrogens is 271 g/mol. The Morgan fingerprint density at radius 3 is 2.40 bits per heavy atom. The minimum Gasteiger partial charge on any atom is -0.0831 e. The summed E-state index contributed by atoms with van der Waals surface area (Å²) >= 11 is 9.54. The minimum absolute atomic E-state index is 0.767. The first-order valence-corrected chi connectivity index (χ1v) is 5.91. The van der Waals surface area contributed by atoms with Gasteiger partial charge in [0.1, 0.15) is 0 Å². The predicted octanol–water partition coefficient (Wildman–Crippen LogP) is 4.69. The molecule has 0 saturated heterocycles. The number of hydrogen-bond acceptors (Lipinski definition) is 0. The van der Waals surface area contributed by atoms with Crippen LogP contribution < -0.4 is 0 Å². The lowest BCUT2D eigenvalue weighted by molar-refractivity contribution is 1.18. The van der Waals surface area contributed by atoms with E-state index in [1.807, 2.05) is 30.3 Å². The Labute approximate surface area is 103 Å². The van der Waals surface area contributed by atoms with Crippen LogP contribution in [0.3, 0.4) is 0 Å². The number of hydrogen-bond donors (Lipinski definition) is 0. The van der Waals surface area contributed by atoms with Gasteiger partial charge >= 0.3 is 0 Å².